The second-order valence-electron chi connectivity index (χ2n) is 8.84. The van der Waals surface area contributed by atoms with Crippen molar-refractivity contribution in [2.24, 2.45) is 0 Å². The fraction of sp³-hybridized carbons (Fsp3) is 0.286. The summed E-state index contributed by atoms with van der Waals surface area (Å²) >= 11 is 0. The van der Waals surface area contributed by atoms with Gasteiger partial charge in [-0.3, -0.25) is 9.52 Å². The third-order valence-corrected chi connectivity index (χ3v) is 7.32. The van der Waals surface area contributed by atoms with E-state index in [9.17, 15) is 17.6 Å². The van der Waals surface area contributed by atoms with Gasteiger partial charge in [0.1, 0.15) is 23.8 Å². The van der Waals surface area contributed by atoms with Crippen LogP contribution in [0.4, 0.5) is 14.5 Å². The lowest BCUT2D eigenvalue weighted by Gasteiger charge is -2.11. The van der Waals surface area contributed by atoms with Gasteiger partial charge in [0, 0.05) is 35.9 Å². The molecule has 0 amide bonds. The van der Waals surface area contributed by atoms with Gasteiger partial charge in [0.05, 0.1) is 23.6 Å². The molecule has 2 aromatic heterocycles. The molecule has 0 radical (unpaired) electrons. The molecule has 0 aliphatic rings. The fourth-order valence-electron chi connectivity index (χ4n) is 4.08. The van der Waals surface area contributed by atoms with E-state index in [-0.39, 0.29) is 12.2 Å². The molecule has 4 rings (SSSR count). The van der Waals surface area contributed by atoms with Crippen molar-refractivity contribution in [2.75, 3.05) is 30.3 Å². The molecule has 4 aromatic rings. The van der Waals surface area contributed by atoms with E-state index in [0.717, 1.165) is 23.4 Å². The topological polar surface area (TPSA) is 110 Å². The lowest BCUT2D eigenvalue weighted by molar-refractivity contribution is 0.0985. The molecule has 39 heavy (non-hydrogen) atoms. The number of benzene rings is 2. The lowest BCUT2D eigenvalue weighted by Crippen LogP contribution is -2.19. The highest BCUT2D eigenvalue weighted by atomic mass is 32.2. The Labute approximate surface area is 225 Å². The number of fused-ring (bicyclic) bond motifs is 1. The molecule has 0 atom stereocenters. The minimum Gasteiger partial charge on any atom is -0.491 e. The number of pyridine rings is 1. The second-order valence-corrected chi connectivity index (χ2v) is 10.7. The molecule has 0 unspecified atom stereocenters. The average molecular weight is 558 g/mol. The summed E-state index contributed by atoms with van der Waals surface area (Å²) in [5.74, 6) is -2.70. The minimum absolute atomic E-state index is 0.233. The van der Waals surface area contributed by atoms with Crippen LogP contribution in [0.25, 0.3) is 22.3 Å². The quantitative estimate of drug-likeness (QED) is 0.166. The summed E-state index contributed by atoms with van der Waals surface area (Å²) in [6.45, 7) is 5.12. The summed E-state index contributed by atoms with van der Waals surface area (Å²) in [7, 11) is -3.83. The van der Waals surface area contributed by atoms with Gasteiger partial charge in [0.15, 0.2) is 11.6 Å². The zero-order valence-electron chi connectivity index (χ0n) is 21.6. The van der Waals surface area contributed by atoms with E-state index in [0.29, 0.717) is 48.6 Å². The van der Waals surface area contributed by atoms with Gasteiger partial charge in [-0.1, -0.05) is 19.1 Å². The number of aromatic nitrogens is 2. The van der Waals surface area contributed by atoms with Crippen molar-refractivity contribution in [1.82, 2.24) is 9.97 Å². The van der Waals surface area contributed by atoms with Gasteiger partial charge < -0.3 is 14.5 Å². The van der Waals surface area contributed by atoms with Crippen LogP contribution in [0, 0.1) is 11.6 Å². The molecule has 2 heterocycles. The number of hydrogen-bond acceptors (Lipinski definition) is 6. The molecule has 8 nitrogen and oxygen atoms in total. The maximum absolute atomic E-state index is 15.0. The predicted molar refractivity (Wildman–Crippen MR) is 146 cm³/mol. The number of H-pyrrole nitrogens is 1. The van der Waals surface area contributed by atoms with E-state index in [1.165, 1.54) is 6.20 Å². The zero-order chi connectivity index (χ0) is 28.0. The summed E-state index contributed by atoms with van der Waals surface area (Å²) in [5.41, 5.74) is 1.39. The Kier molecular flexibility index (Phi) is 8.93. The van der Waals surface area contributed by atoms with Crippen molar-refractivity contribution < 1.29 is 31.5 Å². The maximum Gasteiger partial charge on any atom is 0.232 e. The van der Waals surface area contributed by atoms with E-state index >= 15 is 4.39 Å². The van der Waals surface area contributed by atoms with Crippen LogP contribution < -0.4 is 9.46 Å². The van der Waals surface area contributed by atoms with Gasteiger partial charge in [0.2, 0.25) is 10.0 Å². The van der Waals surface area contributed by atoms with Gasteiger partial charge in [-0.2, -0.15) is 0 Å². The molecule has 0 aliphatic heterocycles. The highest BCUT2D eigenvalue weighted by Crippen LogP contribution is 2.28. The van der Waals surface area contributed by atoms with Gasteiger partial charge in [-0.25, -0.2) is 22.2 Å². The summed E-state index contributed by atoms with van der Waals surface area (Å²) in [5, 5.41) is 0.708. The zero-order valence-corrected chi connectivity index (χ0v) is 22.4. The Bertz CT molecular complexity index is 1590. The number of hydrogen-bond donors (Lipinski definition) is 2. The highest BCUT2D eigenvalue weighted by Gasteiger charge is 2.23. The molecule has 0 bridgehead atoms. The summed E-state index contributed by atoms with van der Waals surface area (Å²) in [6, 6.07) is 12.9. The number of carbonyl (C=O) groups excluding carboxylic acids is 1. The maximum atomic E-state index is 15.0. The van der Waals surface area contributed by atoms with Crippen LogP contribution >= 0.6 is 0 Å². The number of rotatable bonds is 13. The van der Waals surface area contributed by atoms with Crippen molar-refractivity contribution in [3.8, 4) is 17.0 Å². The number of ketones is 1. The van der Waals surface area contributed by atoms with E-state index < -0.39 is 38.7 Å². The van der Waals surface area contributed by atoms with Gasteiger partial charge in [-0.15, -0.1) is 0 Å². The summed E-state index contributed by atoms with van der Waals surface area (Å²) in [6.07, 6.45) is 1.44. The molecule has 0 saturated heterocycles. The van der Waals surface area contributed by atoms with Crippen LogP contribution in [0.3, 0.4) is 0 Å². The Morgan fingerprint density at radius 2 is 1.90 bits per heavy atom. The van der Waals surface area contributed by atoms with Crippen LogP contribution in [0.15, 0.2) is 54.7 Å². The van der Waals surface area contributed by atoms with Crippen molar-refractivity contribution in [1.29, 1.82) is 0 Å². The molecule has 11 heteroatoms. The lowest BCUT2D eigenvalue weighted by atomic mass is 10.0. The highest BCUT2D eigenvalue weighted by molar-refractivity contribution is 7.92. The standard InChI is InChI=1S/C28H29F2N3O5S/c1-3-12-39(35,36)33-23-9-8-22(29)26(27(23)30)25(34)14-18-13-20-16-24(32-28(20)31-17-18)19-6-5-7-21(15-19)38-11-10-37-4-2/h5-9,13,15-17,33H,3-4,10-12,14H2,1-2H3,(H,31,32). The number of aromatic amines is 1. The summed E-state index contributed by atoms with van der Waals surface area (Å²) in [4.78, 5) is 20.5. The van der Waals surface area contributed by atoms with E-state index in [1.807, 2.05) is 37.3 Å². The number of carbonyl (C=O) groups is 1. The molecule has 2 N–H and O–H groups in total. The van der Waals surface area contributed by atoms with Crippen LogP contribution in [0.1, 0.15) is 36.2 Å². The normalized spacial score (nSPS) is 11.6. The van der Waals surface area contributed by atoms with Crippen molar-refractivity contribution in [2.45, 2.75) is 26.7 Å². The number of anilines is 1. The first kappa shape index (κ1) is 28.2. The average Bonchev–Trinajstić information content (AvgIpc) is 3.32. The van der Waals surface area contributed by atoms with E-state index in [1.54, 1.807) is 13.0 Å². The van der Waals surface area contributed by atoms with Crippen LogP contribution in [-0.4, -0.2) is 49.7 Å². The number of halogens is 2. The first-order valence-electron chi connectivity index (χ1n) is 12.5. The molecule has 0 spiro atoms. The van der Waals surface area contributed by atoms with Crippen molar-refractivity contribution in [3.63, 3.8) is 0 Å². The molecule has 0 saturated carbocycles. The third kappa shape index (κ3) is 6.98. The first-order valence-corrected chi connectivity index (χ1v) is 14.2. The van der Waals surface area contributed by atoms with Gasteiger partial charge in [-0.05, 0) is 55.3 Å². The number of nitrogens with zero attached hydrogens (tertiary/aromatic N) is 1. The Morgan fingerprint density at radius 3 is 2.67 bits per heavy atom. The second kappa shape index (κ2) is 12.4. The fourth-order valence-corrected chi connectivity index (χ4v) is 5.21. The number of Topliss-reactive ketones (excluding diaryl/α,β-unsaturated/α-hetero) is 1. The van der Waals surface area contributed by atoms with Crippen LogP contribution in [0.5, 0.6) is 5.75 Å². The SMILES string of the molecule is CCCS(=O)(=O)Nc1ccc(F)c(C(=O)Cc2cnc3[nH]c(-c4cccc(OCCOCC)c4)cc3c2)c1F. The smallest absolute Gasteiger partial charge is 0.232 e. The van der Waals surface area contributed by atoms with Crippen LogP contribution in [-0.2, 0) is 21.2 Å². The minimum atomic E-state index is -3.83. The first-order chi connectivity index (χ1) is 18.7. The molecular weight excluding hydrogens is 528 g/mol. The van der Waals surface area contributed by atoms with Crippen molar-refractivity contribution >= 4 is 32.5 Å². The monoisotopic (exact) mass is 557 g/mol. The largest absolute Gasteiger partial charge is 0.491 e. The Morgan fingerprint density at radius 1 is 1.08 bits per heavy atom. The van der Waals surface area contributed by atoms with Crippen LogP contribution in [0.2, 0.25) is 0 Å². The number of sulfonamides is 1. The molecule has 206 valence electrons. The molecular formula is C28H29F2N3O5S. The van der Waals surface area contributed by atoms with Gasteiger partial charge in [0.25, 0.3) is 0 Å². The predicted octanol–water partition coefficient (Wildman–Crippen LogP) is 5.50. The van der Waals surface area contributed by atoms with E-state index in [2.05, 4.69) is 14.7 Å². The summed E-state index contributed by atoms with van der Waals surface area (Å²) < 4.78 is 66.7. The number of ether oxygens (including phenoxy) is 2. The van der Waals surface area contributed by atoms with E-state index in [4.69, 9.17) is 9.47 Å². The number of nitrogens with one attached hydrogen (secondary N) is 2. The molecule has 2 aromatic carbocycles. The Hall–Kier alpha value is -3.83. The Balaban J connectivity index is 1.53. The molecule has 0 aliphatic carbocycles. The van der Waals surface area contributed by atoms with Crippen molar-refractivity contribution in [3.05, 3.63) is 77.5 Å². The third-order valence-electron chi connectivity index (χ3n) is 5.85. The van der Waals surface area contributed by atoms with Gasteiger partial charge >= 0.3 is 0 Å². The molecule has 0 fully saturated rings.